The molecule has 0 saturated carbocycles. The molecule has 0 unspecified atom stereocenters. The van der Waals surface area contributed by atoms with Gasteiger partial charge in [0.1, 0.15) is 5.52 Å². The molecule has 3 aromatic rings. The predicted molar refractivity (Wildman–Crippen MR) is 89.4 cm³/mol. The molecule has 1 aliphatic rings. The molecule has 0 atom stereocenters. The first-order valence-electron chi connectivity index (χ1n) is 7.69. The molecule has 0 N–H and O–H groups in total. The maximum atomic E-state index is 14.8. The van der Waals surface area contributed by atoms with Crippen molar-refractivity contribution in [3.8, 4) is 0 Å². The Morgan fingerprint density at radius 3 is 2.70 bits per heavy atom. The Labute approximate surface area is 138 Å². The molecular weight excluding hydrogens is 315 g/mol. The van der Waals surface area contributed by atoms with E-state index < -0.39 is 0 Å². The SMILES string of the molecule is Fc1c(N2CCC(n3ccnc3)CC2)ccc2c(Cl)ccnc12. The zero-order valence-electron chi connectivity index (χ0n) is 12.5. The first-order chi connectivity index (χ1) is 11.2. The van der Waals surface area contributed by atoms with Crippen LogP contribution in [0.5, 0.6) is 0 Å². The average Bonchev–Trinajstić information content (AvgIpc) is 3.11. The number of benzene rings is 1. The standard InChI is InChI=1S/C17H16ClFN4/c18-14-3-6-21-17-13(14)1-2-15(16(17)19)22-8-4-12(5-9-22)23-10-7-20-11-23/h1-3,6-7,10-12H,4-5,8-9H2. The summed E-state index contributed by atoms with van der Waals surface area (Å²) in [5.74, 6) is -0.286. The molecule has 2 aromatic heterocycles. The normalized spacial score (nSPS) is 16.2. The molecule has 23 heavy (non-hydrogen) atoms. The van der Waals surface area contributed by atoms with Crippen LogP contribution < -0.4 is 4.90 Å². The zero-order chi connectivity index (χ0) is 15.8. The number of hydrogen-bond acceptors (Lipinski definition) is 3. The lowest BCUT2D eigenvalue weighted by Crippen LogP contribution is -2.35. The third kappa shape index (κ3) is 2.55. The average molecular weight is 331 g/mol. The lowest BCUT2D eigenvalue weighted by molar-refractivity contribution is 0.394. The van der Waals surface area contributed by atoms with E-state index in [4.69, 9.17) is 11.6 Å². The molecule has 4 rings (SSSR count). The third-order valence-corrected chi connectivity index (χ3v) is 4.86. The van der Waals surface area contributed by atoms with Crippen molar-refractivity contribution in [3.63, 3.8) is 0 Å². The van der Waals surface area contributed by atoms with Gasteiger partial charge in [-0.25, -0.2) is 9.37 Å². The Balaban J connectivity index is 1.60. The van der Waals surface area contributed by atoms with E-state index >= 15 is 0 Å². The second-order valence-corrected chi connectivity index (χ2v) is 6.22. The van der Waals surface area contributed by atoms with E-state index in [1.165, 1.54) is 0 Å². The topological polar surface area (TPSA) is 34.0 Å². The number of anilines is 1. The highest BCUT2D eigenvalue weighted by molar-refractivity contribution is 6.35. The maximum Gasteiger partial charge on any atom is 0.172 e. The quantitative estimate of drug-likeness (QED) is 0.710. The van der Waals surface area contributed by atoms with Crippen molar-refractivity contribution in [1.82, 2.24) is 14.5 Å². The predicted octanol–water partition coefficient (Wildman–Crippen LogP) is 4.07. The van der Waals surface area contributed by atoms with Crippen LogP contribution in [0.1, 0.15) is 18.9 Å². The number of nitrogens with zero attached hydrogens (tertiary/aromatic N) is 4. The molecule has 4 nitrogen and oxygen atoms in total. The molecule has 3 heterocycles. The van der Waals surface area contributed by atoms with Crippen LogP contribution >= 0.6 is 11.6 Å². The van der Waals surface area contributed by atoms with Gasteiger partial charge in [0.05, 0.1) is 17.0 Å². The highest BCUT2D eigenvalue weighted by Crippen LogP contribution is 2.32. The van der Waals surface area contributed by atoms with Gasteiger partial charge >= 0.3 is 0 Å². The van der Waals surface area contributed by atoms with Crippen molar-refractivity contribution in [2.75, 3.05) is 18.0 Å². The number of aromatic nitrogens is 3. The number of hydrogen-bond donors (Lipinski definition) is 0. The van der Waals surface area contributed by atoms with Gasteiger partial charge in [-0.1, -0.05) is 11.6 Å². The minimum Gasteiger partial charge on any atom is -0.369 e. The number of imidazole rings is 1. The Bertz CT molecular complexity index is 826. The Morgan fingerprint density at radius 1 is 1.13 bits per heavy atom. The second kappa shape index (κ2) is 5.81. The molecule has 0 spiro atoms. The van der Waals surface area contributed by atoms with Crippen molar-refractivity contribution >= 4 is 28.2 Å². The van der Waals surface area contributed by atoms with Crippen molar-refractivity contribution < 1.29 is 4.39 Å². The van der Waals surface area contributed by atoms with Gasteiger partial charge in [-0.3, -0.25) is 4.98 Å². The van der Waals surface area contributed by atoms with E-state index in [0.717, 1.165) is 25.9 Å². The van der Waals surface area contributed by atoms with E-state index in [1.54, 1.807) is 18.5 Å². The van der Waals surface area contributed by atoms with Crippen LogP contribution in [0.25, 0.3) is 10.9 Å². The van der Waals surface area contributed by atoms with Gasteiger partial charge in [0.15, 0.2) is 5.82 Å². The number of fused-ring (bicyclic) bond motifs is 1. The molecule has 6 heteroatoms. The van der Waals surface area contributed by atoms with Crippen molar-refractivity contribution in [2.45, 2.75) is 18.9 Å². The largest absolute Gasteiger partial charge is 0.369 e. The fourth-order valence-electron chi connectivity index (χ4n) is 3.27. The van der Waals surface area contributed by atoms with E-state index in [9.17, 15) is 4.39 Å². The van der Waals surface area contributed by atoms with Gasteiger partial charge < -0.3 is 9.47 Å². The van der Waals surface area contributed by atoms with Gasteiger partial charge in [0.2, 0.25) is 0 Å². The number of pyridine rings is 1. The maximum absolute atomic E-state index is 14.8. The number of rotatable bonds is 2. The Hall–Kier alpha value is -2.14. The summed E-state index contributed by atoms with van der Waals surface area (Å²) in [5, 5.41) is 1.18. The van der Waals surface area contributed by atoms with Crippen molar-refractivity contribution in [1.29, 1.82) is 0 Å². The third-order valence-electron chi connectivity index (χ3n) is 4.53. The molecule has 1 aliphatic heterocycles. The fourth-order valence-corrected chi connectivity index (χ4v) is 3.48. The Kier molecular flexibility index (Phi) is 3.65. The summed E-state index contributed by atoms with van der Waals surface area (Å²) < 4.78 is 17.0. The first kappa shape index (κ1) is 14.5. The molecule has 0 bridgehead atoms. The monoisotopic (exact) mass is 330 g/mol. The molecule has 1 saturated heterocycles. The highest BCUT2D eigenvalue weighted by atomic mass is 35.5. The summed E-state index contributed by atoms with van der Waals surface area (Å²) in [6.45, 7) is 1.62. The van der Waals surface area contributed by atoms with Crippen LogP contribution in [0.15, 0.2) is 43.1 Å². The van der Waals surface area contributed by atoms with Gasteiger partial charge in [0, 0.05) is 43.1 Å². The minimum absolute atomic E-state index is 0.286. The van der Waals surface area contributed by atoms with Crippen molar-refractivity contribution in [2.24, 2.45) is 0 Å². The second-order valence-electron chi connectivity index (χ2n) is 5.82. The molecule has 0 radical (unpaired) electrons. The smallest absolute Gasteiger partial charge is 0.172 e. The molecule has 0 amide bonds. The Morgan fingerprint density at radius 2 is 1.96 bits per heavy atom. The van der Waals surface area contributed by atoms with E-state index in [2.05, 4.69) is 19.4 Å². The summed E-state index contributed by atoms with van der Waals surface area (Å²) in [6.07, 6.45) is 9.12. The fraction of sp³-hybridized carbons (Fsp3) is 0.294. The molecule has 1 fully saturated rings. The van der Waals surface area contributed by atoms with E-state index in [-0.39, 0.29) is 5.82 Å². The van der Waals surface area contributed by atoms with Crippen LogP contribution in [-0.4, -0.2) is 27.6 Å². The summed E-state index contributed by atoms with van der Waals surface area (Å²) in [6, 6.07) is 5.78. The first-order valence-corrected chi connectivity index (χ1v) is 8.07. The van der Waals surface area contributed by atoms with E-state index in [0.29, 0.717) is 27.7 Å². The van der Waals surface area contributed by atoms with Gasteiger partial charge in [-0.15, -0.1) is 0 Å². The summed E-state index contributed by atoms with van der Waals surface area (Å²) in [5.41, 5.74) is 0.947. The highest BCUT2D eigenvalue weighted by Gasteiger charge is 2.23. The number of piperidine rings is 1. The van der Waals surface area contributed by atoms with Gasteiger partial charge in [0.25, 0.3) is 0 Å². The summed E-state index contributed by atoms with van der Waals surface area (Å²) >= 11 is 6.11. The van der Waals surface area contributed by atoms with Crippen LogP contribution in [0.2, 0.25) is 5.02 Å². The number of halogens is 2. The lowest BCUT2D eigenvalue weighted by Gasteiger charge is -2.34. The van der Waals surface area contributed by atoms with E-state index in [1.807, 2.05) is 24.7 Å². The zero-order valence-corrected chi connectivity index (χ0v) is 13.2. The summed E-state index contributed by atoms with van der Waals surface area (Å²) in [4.78, 5) is 10.3. The molecule has 0 aliphatic carbocycles. The van der Waals surface area contributed by atoms with Gasteiger partial charge in [-0.05, 0) is 31.0 Å². The van der Waals surface area contributed by atoms with Gasteiger partial charge in [-0.2, -0.15) is 0 Å². The lowest BCUT2D eigenvalue weighted by atomic mass is 10.0. The van der Waals surface area contributed by atoms with Crippen LogP contribution in [-0.2, 0) is 0 Å². The molecule has 118 valence electrons. The minimum atomic E-state index is -0.286. The van der Waals surface area contributed by atoms with Crippen molar-refractivity contribution in [3.05, 3.63) is 54.0 Å². The van der Waals surface area contributed by atoms with Crippen LogP contribution in [0.3, 0.4) is 0 Å². The molecular formula is C17H16ClFN4. The van der Waals surface area contributed by atoms with Crippen LogP contribution in [0.4, 0.5) is 10.1 Å². The molecule has 1 aromatic carbocycles. The summed E-state index contributed by atoms with van der Waals surface area (Å²) in [7, 11) is 0. The van der Waals surface area contributed by atoms with Crippen LogP contribution in [0, 0.1) is 5.82 Å².